The van der Waals surface area contributed by atoms with Gasteiger partial charge >= 0.3 is 0 Å². The van der Waals surface area contributed by atoms with E-state index < -0.39 is 6.04 Å². The van der Waals surface area contributed by atoms with Gasteiger partial charge in [-0.15, -0.1) is 0 Å². The molecule has 0 saturated heterocycles. The second kappa shape index (κ2) is 8.24. The number of rotatable bonds is 6. The molecule has 0 spiro atoms. The maximum absolute atomic E-state index is 12.1. The van der Waals surface area contributed by atoms with Crippen molar-refractivity contribution in [3.05, 3.63) is 21.8 Å². The molecule has 3 saturated carbocycles. The van der Waals surface area contributed by atoms with Crippen molar-refractivity contribution in [2.45, 2.75) is 111 Å². The minimum Gasteiger partial charge on any atom is -0.264 e. The molecule has 0 radical (unpaired) electrons. The van der Waals surface area contributed by atoms with Gasteiger partial charge in [0.2, 0.25) is 6.04 Å². The van der Waals surface area contributed by atoms with E-state index in [1.807, 2.05) is 0 Å². The second-order valence-electron chi connectivity index (χ2n) is 12.4. The van der Waals surface area contributed by atoms with Crippen LogP contribution in [-0.4, -0.2) is 11.0 Å². The molecule has 0 aromatic rings. The third-order valence-corrected chi connectivity index (χ3v) is 10.5. The van der Waals surface area contributed by atoms with Crippen molar-refractivity contribution in [3.63, 3.8) is 0 Å². The van der Waals surface area contributed by atoms with Crippen LogP contribution in [0, 0.1) is 56.5 Å². The van der Waals surface area contributed by atoms with Crippen LogP contribution in [0.4, 0.5) is 0 Å². The second-order valence-corrected chi connectivity index (χ2v) is 12.4. The maximum Gasteiger partial charge on any atom is 0.234 e. The van der Waals surface area contributed by atoms with E-state index in [0.29, 0.717) is 23.2 Å². The van der Waals surface area contributed by atoms with E-state index in [1.54, 1.807) is 0 Å². The molecule has 170 valence electrons. The molecule has 0 aromatic carbocycles. The van der Waals surface area contributed by atoms with Crippen LogP contribution < -0.4 is 0 Å². The highest BCUT2D eigenvalue weighted by Gasteiger charge is 2.62. The molecule has 0 amide bonds. The Morgan fingerprint density at radius 2 is 1.87 bits per heavy atom. The standard InChI is InChI=1S/C27H45NO2/c1-18(2)9-8-10-19(3)21-12-13-22-20-17-25(28(29)30)24-11-6-7-15-26(24,4)23(20)14-16-27(21,22)5/h11,18-23,25H,6-10,12-17H2,1-5H3/t19-,20+,21-,22+,23+,25+,26-,27-/m1/s1. The van der Waals surface area contributed by atoms with Crippen LogP contribution in [0.3, 0.4) is 0 Å². The number of allylic oxidation sites excluding steroid dienone is 1. The van der Waals surface area contributed by atoms with E-state index in [2.05, 4.69) is 40.7 Å². The summed E-state index contributed by atoms with van der Waals surface area (Å²) >= 11 is 0. The number of hydrogen-bond acceptors (Lipinski definition) is 2. The third kappa shape index (κ3) is 3.56. The molecule has 0 bridgehead atoms. The predicted molar refractivity (Wildman–Crippen MR) is 124 cm³/mol. The van der Waals surface area contributed by atoms with Crippen LogP contribution in [0.25, 0.3) is 0 Å². The molecule has 30 heavy (non-hydrogen) atoms. The van der Waals surface area contributed by atoms with Crippen LogP contribution in [0.1, 0.15) is 105 Å². The normalized spacial score (nSPS) is 44.1. The molecule has 4 rings (SSSR count). The Morgan fingerprint density at radius 3 is 2.57 bits per heavy atom. The van der Waals surface area contributed by atoms with Crippen LogP contribution >= 0.6 is 0 Å². The zero-order valence-electron chi connectivity index (χ0n) is 20.2. The van der Waals surface area contributed by atoms with Gasteiger partial charge in [-0.2, -0.15) is 0 Å². The summed E-state index contributed by atoms with van der Waals surface area (Å²) in [7, 11) is 0. The van der Waals surface area contributed by atoms with Gasteiger partial charge in [-0.05, 0) is 91.3 Å². The number of fused-ring (bicyclic) bond motifs is 5. The summed E-state index contributed by atoms with van der Waals surface area (Å²) in [4.78, 5) is 12.2. The van der Waals surface area contributed by atoms with Crippen LogP contribution in [0.15, 0.2) is 11.6 Å². The lowest BCUT2D eigenvalue weighted by atomic mass is 9.45. The average molecular weight is 416 g/mol. The molecule has 0 unspecified atom stereocenters. The number of hydrogen-bond donors (Lipinski definition) is 0. The lowest BCUT2D eigenvalue weighted by Crippen LogP contribution is -2.55. The maximum atomic E-state index is 12.1. The Labute approximate surface area is 184 Å². The first-order valence-corrected chi connectivity index (χ1v) is 13.0. The summed E-state index contributed by atoms with van der Waals surface area (Å²) in [6.07, 6.45) is 15.9. The van der Waals surface area contributed by atoms with E-state index in [9.17, 15) is 10.1 Å². The van der Waals surface area contributed by atoms with Crippen molar-refractivity contribution in [1.29, 1.82) is 0 Å². The van der Waals surface area contributed by atoms with Gasteiger partial charge in [-0.25, -0.2) is 0 Å². The first-order valence-electron chi connectivity index (χ1n) is 13.0. The predicted octanol–water partition coefficient (Wildman–Crippen LogP) is 7.67. The Morgan fingerprint density at radius 1 is 1.10 bits per heavy atom. The molecule has 3 heteroatoms. The number of nitrogens with zero attached hydrogens (tertiary/aromatic N) is 1. The van der Waals surface area contributed by atoms with Crippen molar-refractivity contribution < 1.29 is 4.92 Å². The van der Waals surface area contributed by atoms with Gasteiger partial charge in [-0.1, -0.05) is 60.0 Å². The minimum atomic E-state index is -0.415. The molecule has 3 nitrogen and oxygen atoms in total. The zero-order chi connectivity index (χ0) is 21.7. The molecule has 4 aliphatic carbocycles. The zero-order valence-corrected chi connectivity index (χ0v) is 20.2. The Balaban J connectivity index is 1.56. The first kappa shape index (κ1) is 22.3. The third-order valence-electron chi connectivity index (χ3n) is 10.5. The molecule has 0 heterocycles. The summed E-state index contributed by atoms with van der Waals surface area (Å²) < 4.78 is 0. The van der Waals surface area contributed by atoms with Gasteiger partial charge in [0.25, 0.3) is 0 Å². The van der Waals surface area contributed by atoms with Gasteiger partial charge in [0, 0.05) is 16.9 Å². The van der Waals surface area contributed by atoms with Gasteiger partial charge in [0.1, 0.15) is 0 Å². The van der Waals surface area contributed by atoms with Crippen molar-refractivity contribution in [3.8, 4) is 0 Å². The van der Waals surface area contributed by atoms with E-state index in [1.165, 1.54) is 63.4 Å². The fourth-order valence-corrected chi connectivity index (χ4v) is 9.04. The smallest absolute Gasteiger partial charge is 0.234 e. The van der Waals surface area contributed by atoms with Gasteiger partial charge in [-0.3, -0.25) is 10.1 Å². The Bertz CT molecular complexity index is 684. The molecule has 4 aliphatic rings. The molecule has 0 N–H and O–H groups in total. The van der Waals surface area contributed by atoms with Crippen molar-refractivity contribution in [1.82, 2.24) is 0 Å². The average Bonchev–Trinajstić information content (AvgIpc) is 3.03. The van der Waals surface area contributed by atoms with E-state index in [0.717, 1.165) is 30.6 Å². The highest BCUT2D eigenvalue weighted by atomic mass is 16.6. The van der Waals surface area contributed by atoms with Crippen molar-refractivity contribution in [2.24, 2.45) is 46.3 Å². The largest absolute Gasteiger partial charge is 0.264 e. The topological polar surface area (TPSA) is 43.1 Å². The van der Waals surface area contributed by atoms with Crippen LogP contribution in [0.5, 0.6) is 0 Å². The summed E-state index contributed by atoms with van der Waals surface area (Å²) in [5, 5.41) is 12.1. The highest BCUT2D eigenvalue weighted by Crippen LogP contribution is 2.68. The van der Waals surface area contributed by atoms with Crippen LogP contribution in [0.2, 0.25) is 0 Å². The number of nitro groups is 1. The summed E-state index contributed by atoms with van der Waals surface area (Å²) in [6.45, 7) is 12.2. The monoisotopic (exact) mass is 415 g/mol. The summed E-state index contributed by atoms with van der Waals surface area (Å²) in [5.41, 5.74) is 1.70. The van der Waals surface area contributed by atoms with E-state index in [-0.39, 0.29) is 10.3 Å². The molecule has 0 aromatic heterocycles. The van der Waals surface area contributed by atoms with Gasteiger partial charge in [0.05, 0.1) is 0 Å². The van der Waals surface area contributed by atoms with Gasteiger partial charge < -0.3 is 0 Å². The van der Waals surface area contributed by atoms with Gasteiger partial charge in [0.15, 0.2) is 0 Å². The fourth-order valence-electron chi connectivity index (χ4n) is 9.04. The Kier molecular flexibility index (Phi) is 6.14. The molecular weight excluding hydrogens is 370 g/mol. The minimum absolute atomic E-state index is 0.0680. The van der Waals surface area contributed by atoms with Crippen LogP contribution in [-0.2, 0) is 0 Å². The van der Waals surface area contributed by atoms with E-state index in [4.69, 9.17) is 0 Å². The molecule has 0 aliphatic heterocycles. The lowest BCUT2D eigenvalue weighted by molar-refractivity contribution is -0.521. The fraction of sp³-hybridized carbons (Fsp3) is 0.926. The molecule has 8 atom stereocenters. The summed E-state index contributed by atoms with van der Waals surface area (Å²) in [5.74, 6) is 4.36. The van der Waals surface area contributed by atoms with Crippen molar-refractivity contribution >= 4 is 0 Å². The Hall–Kier alpha value is -0.860. The highest BCUT2D eigenvalue weighted by molar-refractivity contribution is 5.27. The molecule has 3 fully saturated rings. The summed E-state index contributed by atoms with van der Waals surface area (Å²) in [6, 6.07) is -0.415. The lowest BCUT2D eigenvalue weighted by Gasteiger charge is -2.58. The molecular formula is C27H45NO2. The quantitative estimate of drug-likeness (QED) is 0.254. The van der Waals surface area contributed by atoms with Crippen molar-refractivity contribution in [2.75, 3.05) is 0 Å². The SMILES string of the molecule is CC(C)CCC[C@@H](C)[C@H]1CC[C@H]2[C@@H]3C[C@H]([N+](=O)[O-])C4=CCCC[C@]4(C)[C@H]3CC[C@]12C. The van der Waals surface area contributed by atoms with E-state index >= 15 is 0 Å². The first-order chi connectivity index (χ1) is 14.2.